The van der Waals surface area contributed by atoms with Gasteiger partial charge in [0.2, 0.25) is 5.91 Å². The molecule has 1 aliphatic heterocycles. The first kappa shape index (κ1) is 24.2. The van der Waals surface area contributed by atoms with E-state index in [-0.39, 0.29) is 23.1 Å². The van der Waals surface area contributed by atoms with Gasteiger partial charge in [0, 0.05) is 36.2 Å². The summed E-state index contributed by atoms with van der Waals surface area (Å²) in [5.74, 6) is -2.66. The predicted molar refractivity (Wildman–Crippen MR) is 114 cm³/mol. The molecule has 7 nitrogen and oxygen atoms in total. The van der Waals surface area contributed by atoms with Crippen molar-refractivity contribution in [3.63, 3.8) is 0 Å². The number of carboxylic acid groups (broad SMARTS) is 1. The fraction of sp³-hybridized carbons (Fsp3) is 0.391. The van der Waals surface area contributed by atoms with Crippen LogP contribution in [-0.4, -0.2) is 52.0 Å². The van der Waals surface area contributed by atoms with Gasteiger partial charge in [0.15, 0.2) is 0 Å². The molecule has 2 aromatic rings. The molecule has 2 fully saturated rings. The molecule has 2 atom stereocenters. The molecule has 176 valence electrons. The Morgan fingerprint density at radius 1 is 1.18 bits per heavy atom. The Labute approximate surface area is 188 Å². The zero-order chi connectivity index (χ0) is 24.4. The molecule has 10 heteroatoms. The molecule has 1 saturated heterocycles. The summed E-state index contributed by atoms with van der Waals surface area (Å²) in [7, 11) is 0. The fourth-order valence-electron chi connectivity index (χ4n) is 3.96. The van der Waals surface area contributed by atoms with Gasteiger partial charge in [-0.2, -0.15) is 13.2 Å². The number of halogens is 3. The number of nitrogens with one attached hydrogen (secondary N) is 1. The molecular formula is C23H24F3N3O4. The third-order valence-electron chi connectivity index (χ3n) is 6.10. The third kappa shape index (κ3) is 5.68. The summed E-state index contributed by atoms with van der Waals surface area (Å²) in [6.07, 6.45) is 0.00316. The fourth-order valence-corrected chi connectivity index (χ4v) is 3.96. The van der Waals surface area contributed by atoms with E-state index in [9.17, 15) is 22.8 Å². The Kier molecular flexibility index (Phi) is 6.76. The van der Waals surface area contributed by atoms with Crippen molar-refractivity contribution >= 4 is 23.5 Å². The molecule has 0 radical (unpaired) electrons. The number of hydrogen-bond donors (Lipinski definition) is 2. The first-order chi connectivity index (χ1) is 15.4. The van der Waals surface area contributed by atoms with Crippen LogP contribution in [0.3, 0.4) is 0 Å². The minimum Gasteiger partial charge on any atom is -0.475 e. The maximum absolute atomic E-state index is 12.8. The maximum atomic E-state index is 12.8. The summed E-state index contributed by atoms with van der Waals surface area (Å²) in [4.78, 5) is 40.2. The van der Waals surface area contributed by atoms with E-state index in [1.807, 2.05) is 43.0 Å². The minimum atomic E-state index is -5.08. The molecule has 2 N–H and O–H groups in total. The van der Waals surface area contributed by atoms with Crippen molar-refractivity contribution < 1.29 is 32.7 Å². The molecule has 2 heterocycles. The zero-order valence-corrected chi connectivity index (χ0v) is 18.1. The number of rotatable bonds is 3. The number of aliphatic carboxylic acids is 1. The molecule has 1 saturated carbocycles. The van der Waals surface area contributed by atoms with Gasteiger partial charge in [-0.3, -0.25) is 14.6 Å². The molecule has 33 heavy (non-hydrogen) atoms. The second kappa shape index (κ2) is 9.21. The van der Waals surface area contributed by atoms with Crippen LogP contribution < -0.4 is 5.32 Å². The van der Waals surface area contributed by atoms with Crippen LogP contribution in [0.2, 0.25) is 0 Å². The van der Waals surface area contributed by atoms with E-state index < -0.39 is 12.1 Å². The van der Waals surface area contributed by atoms with E-state index in [0.717, 1.165) is 36.2 Å². The highest BCUT2D eigenvalue weighted by molar-refractivity contribution is 5.97. The first-order valence-electron chi connectivity index (χ1n) is 10.3. The monoisotopic (exact) mass is 463 g/mol. The molecule has 2 unspecified atom stereocenters. The van der Waals surface area contributed by atoms with E-state index in [0.29, 0.717) is 6.54 Å². The van der Waals surface area contributed by atoms with Crippen LogP contribution in [0.5, 0.6) is 0 Å². The summed E-state index contributed by atoms with van der Waals surface area (Å²) in [5.41, 5.74) is 3.74. The normalized spacial score (nSPS) is 21.2. The quantitative estimate of drug-likeness (QED) is 0.721. The van der Waals surface area contributed by atoms with Crippen molar-refractivity contribution in [1.82, 2.24) is 9.88 Å². The van der Waals surface area contributed by atoms with Gasteiger partial charge >= 0.3 is 12.1 Å². The Morgan fingerprint density at radius 2 is 1.88 bits per heavy atom. The molecule has 1 aromatic heterocycles. The molecule has 1 aromatic carbocycles. The Balaban J connectivity index is 0.000000383. The van der Waals surface area contributed by atoms with Crippen molar-refractivity contribution in [2.75, 3.05) is 18.4 Å². The molecule has 1 spiro atoms. The lowest BCUT2D eigenvalue weighted by Crippen LogP contribution is -2.30. The van der Waals surface area contributed by atoms with Gasteiger partial charge < -0.3 is 15.3 Å². The summed E-state index contributed by atoms with van der Waals surface area (Å²) >= 11 is 0. The summed E-state index contributed by atoms with van der Waals surface area (Å²) < 4.78 is 31.7. The van der Waals surface area contributed by atoms with E-state index >= 15 is 0 Å². The number of nitrogens with zero attached hydrogens (tertiary/aromatic N) is 2. The minimum absolute atomic E-state index is 0.0136. The topological polar surface area (TPSA) is 99.6 Å². The Morgan fingerprint density at radius 3 is 2.45 bits per heavy atom. The maximum Gasteiger partial charge on any atom is 0.490 e. The van der Waals surface area contributed by atoms with Crippen LogP contribution in [0.4, 0.5) is 18.9 Å². The van der Waals surface area contributed by atoms with Crippen molar-refractivity contribution in [3.05, 3.63) is 59.4 Å². The van der Waals surface area contributed by atoms with Crippen molar-refractivity contribution in [1.29, 1.82) is 0 Å². The lowest BCUT2D eigenvalue weighted by molar-refractivity contribution is -0.192. The van der Waals surface area contributed by atoms with Crippen LogP contribution in [0, 0.1) is 25.2 Å². The second-order valence-electron chi connectivity index (χ2n) is 8.43. The first-order valence-corrected chi connectivity index (χ1v) is 10.3. The van der Waals surface area contributed by atoms with Gasteiger partial charge in [0.25, 0.3) is 5.91 Å². The van der Waals surface area contributed by atoms with Gasteiger partial charge in [-0.05, 0) is 62.1 Å². The molecule has 0 bridgehead atoms. The number of likely N-dealkylation sites (tertiary alicyclic amines) is 1. The van der Waals surface area contributed by atoms with Crippen molar-refractivity contribution in [2.45, 2.75) is 32.9 Å². The van der Waals surface area contributed by atoms with Crippen LogP contribution in [0.25, 0.3) is 0 Å². The van der Waals surface area contributed by atoms with E-state index in [1.54, 1.807) is 18.5 Å². The van der Waals surface area contributed by atoms with E-state index in [2.05, 4.69) is 10.3 Å². The molecule has 1 aliphatic carbocycles. The Hall–Kier alpha value is -3.43. The van der Waals surface area contributed by atoms with E-state index in [4.69, 9.17) is 9.90 Å². The van der Waals surface area contributed by atoms with Crippen LogP contribution in [0.1, 0.15) is 34.3 Å². The predicted octanol–water partition coefficient (Wildman–Crippen LogP) is 3.82. The van der Waals surface area contributed by atoms with Gasteiger partial charge in [-0.25, -0.2) is 4.79 Å². The highest BCUT2D eigenvalue weighted by Gasteiger charge is 2.61. The number of amides is 2. The van der Waals surface area contributed by atoms with E-state index in [1.165, 1.54) is 5.56 Å². The number of carboxylic acids is 1. The van der Waals surface area contributed by atoms with Crippen molar-refractivity contribution in [2.24, 2.45) is 11.3 Å². The van der Waals surface area contributed by atoms with Gasteiger partial charge in [-0.15, -0.1) is 0 Å². The molecule has 2 aliphatic rings. The highest BCUT2D eigenvalue weighted by Crippen LogP contribution is 2.58. The summed E-state index contributed by atoms with van der Waals surface area (Å²) in [5, 5.41) is 10.1. The summed E-state index contributed by atoms with van der Waals surface area (Å²) in [6, 6.07) is 9.49. The Bertz CT molecular complexity index is 1060. The molecular weight excluding hydrogens is 439 g/mol. The average Bonchev–Trinajstić information content (AvgIpc) is 3.30. The van der Waals surface area contributed by atoms with Gasteiger partial charge in [0.1, 0.15) is 0 Å². The average molecular weight is 463 g/mol. The second-order valence-corrected chi connectivity index (χ2v) is 8.43. The number of benzene rings is 1. The van der Waals surface area contributed by atoms with Gasteiger partial charge in [0.05, 0.1) is 11.9 Å². The smallest absolute Gasteiger partial charge is 0.475 e. The van der Waals surface area contributed by atoms with Gasteiger partial charge in [-0.1, -0.05) is 6.07 Å². The number of carbonyl (C=O) groups excluding carboxylic acids is 2. The number of aryl methyl sites for hydroxylation is 2. The highest BCUT2D eigenvalue weighted by atomic mass is 19.4. The molecule has 4 rings (SSSR count). The lowest BCUT2D eigenvalue weighted by atomic mass is 10.0. The van der Waals surface area contributed by atoms with Crippen LogP contribution >= 0.6 is 0 Å². The zero-order valence-electron chi connectivity index (χ0n) is 18.1. The standard InChI is InChI=1S/C21H23N3O2.C2HF3O2/c1-14-5-6-16(10-15(14)2)20(26)24-9-7-21(13-24)11-18(21)19(25)23-17-4-3-8-22-12-17;3-2(4,5)1(6)7/h3-6,8,10,12,18H,7,9,11,13H2,1-2H3,(H,23,25);(H,6,7). The van der Waals surface area contributed by atoms with Crippen LogP contribution in [-0.2, 0) is 9.59 Å². The number of anilines is 1. The number of hydrogen-bond acceptors (Lipinski definition) is 4. The molecule has 2 amide bonds. The van der Waals surface area contributed by atoms with Crippen LogP contribution in [0.15, 0.2) is 42.7 Å². The number of aromatic nitrogens is 1. The SMILES string of the molecule is Cc1ccc(C(=O)N2CCC3(CC3C(=O)Nc3cccnc3)C2)cc1C.O=C(O)C(F)(F)F. The largest absolute Gasteiger partial charge is 0.490 e. The van der Waals surface area contributed by atoms with Crippen molar-refractivity contribution in [3.8, 4) is 0 Å². The lowest BCUT2D eigenvalue weighted by Gasteiger charge is -2.17. The summed E-state index contributed by atoms with van der Waals surface area (Å²) in [6.45, 7) is 5.47. The number of pyridine rings is 1. The third-order valence-corrected chi connectivity index (χ3v) is 6.10. The number of alkyl halides is 3. The number of carbonyl (C=O) groups is 3.